The van der Waals surface area contributed by atoms with E-state index in [9.17, 15) is 13.2 Å². The molecule has 1 aliphatic rings. The van der Waals surface area contributed by atoms with Gasteiger partial charge in [-0.15, -0.1) is 12.4 Å². The molecule has 1 aromatic rings. The van der Waals surface area contributed by atoms with Crippen molar-refractivity contribution in [2.75, 3.05) is 6.54 Å². The second kappa shape index (κ2) is 7.27. The lowest BCUT2D eigenvalue weighted by Gasteiger charge is -2.39. The topological polar surface area (TPSA) is 91.5 Å². The molecule has 23 heavy (non-hydrogen) atoms. The molecule has 1 aliphatic heterocycles. The number of halogens is 5. The van der Waals surface area contributed by atoms with E-state index in [4.69, 9.17) is 28.5 Å². The largest absolute Gasteiger partial charge is 0.385 e. The fourth-order valence-electron chi connectivity index (χ4n) is 2.27. The number of nitrogens with two attached hydrogens (primary N) is 2. The van der Waals surface area contributed by atoms with Crippen LogP contribution in [0.4, 0.5) is 18.9 Å². The van der Waals surface area contributed by atoms with Crippen molar-refractivity contribution in [3.8, 4) is 0 Å². The molecule has 1 unspecified atom stereocenters. The molecule has 1 aromatic carbocycles. The standard InChI is InChI=1S/C13H15ClF3N5.ClH/c14-8-5-7(1-2-9(8)15)21-11(18)10-6-13(16,17)3-4-22(10)12(19)20;/h1-2,5,10H,3-4,6H2,(H2,18,21)(H3,19,20);1H. The summed E-state index contributed by atoms with van der Waals surface area (Å²) < 4.78 is 40.3. The SMILES string of the molecule is Cl.N=C(N)N1CCC(F)(F)CC1C(N)=Nc1ccc(F)c(Cl)c1. The lowest BCUT2D eigenvalue weighted by Crippen LogP contribution is -2.56. The molecule has 1 saturated heterocycles. The van der Waals surface area contributed by atoms with Gasteiger partial charge in [-0.05, 0) is 18.2 Å². The van der Waals surface area contributed by atoms with Crippen LogP contribution in [-0.4, -0.2) is 35.2 Å². The Labute approximate surface area is 142 Å². The van der Waals surface area contributed by atoms with Crippen LogP contribution in [0.3, 0.4) is 0 Å². The van der Waals surface area contributed by atoms with Gasteiger partial charge in [-0.1, -0.05) is 11.6 Å². The summed E-state index contributed by atoms with van der Waals surface area (Å²) in [5.74, 6) is -4.00. The molecule has 5 nitrogen and oxygen atoms in total. The van der Waals surface area contributed by atoms with Crippen LogP contribution >= 0.6 is 24.0 Å². The number of amidine groups is 1. The Morgan fingerprint density at radius 2 is 2.04 bits per heavy atom. The van der Waals surface area contributed by atoms with Gasteiger partial charge in [-0.25, -0.2) is 18.2 Å². The quantitative estimate of drug-likeness (QED) is 0.552. The van der Waals surface area contributed by atoms with Crippen LogP contribution in [0.25, 0.3) is 0 Å². The van der Waals surface area contributed by atoms with Crippen molar-refractivity contribution < 1.29 is 13.2 Å². The summed E-state index contributed by atoms with van der Waals surface area (Å²) in [6.07, 6.45) is -0.990. The Kier molecular flexibility index (Phi) is 6.12. The molecule has 0 radical (unpaired) electrons. The van der Waals surface area contributed by atoms with E-state index >= 15 is 0 Å². The van der Waals surface area contributed by atoms with E-state index < -0.39 is 30.6 Å². The lowest BCUT2D eigenvalue weighted by molar-refractivity contribution is -0.0526. The molecule has 1 heterocycles. The molecule has 128 valence electrons. The van der Waals surface area contributed by atoms with Crippen molar-refractivity contribution in [1.29, 1.82) is 5.41 Å². The maximum absolute atomic E-state index is 13.6. The van der Waals surface area contributed by atoms with Crippen LogP contribution in [0.2, 0.25) is 5.02 Å². The van der Waals surface area contributed by atoms with Gasteiger partial charge in [0.05, 0.1) is 16.8 Å². The van der Waals surface area contributed by atoms with E-state index in [1.165, 1.54) is 17.0 Å². The number of nitrogens with one attached hydrogen (secondary N) is 1. The number of guanidine groups is 1. The predicted molar refractivity (Wildman–Crippen MR) is 86.5 cm³/mol. The number of alkyl halides is 2. The minimum atomic E-state index is -2.91. The zero-order valence-corrected chi connectivity index (χ0v) is 13.5. The molecule has 2 rings (SSSR count). The monoisotopic (exact) mass is 369 g/mol. The molecule has 0 bridgehead atoms. The van der Waals surface area contributed by atoms with Crippen molar-refractivity contribution in [3.05, 3.63) is 29.0 Å². The summed E-state index contributed by atoms with van der Waals surface area (Å²) in [7, 11) is 0. The van der Waals surface area contributed by atoms with Gasteiger partial charge in [-0.3, -0.25) is 5.41 Å². The van der Waals surface area contributed by atoms with E-state index in [2.05, 4.69) is 4.99 Å². The van der Waals surface area contributed by atoms with Crippen LogP contribution < -0.4 is 11.5 Å². The Balaban J connectivity index is 0.00000264. The first-order chi connectivity index (χ1) is 10.2. The summed E-state index contributed by atoms with van der Waals surface area (Å²) >= 11 is 5.64. The van der Waals surface area contributed by atoms with Gasteiger partial charge in [0.25, 0.3) is 5.92 Å². The molecular formula is C13H16Cl2F3N5. The molecule has 0 amide bonds. The normalized spacial score (nSPS) is 20.8. The highest BCUT2D eigenvalue weighted by atomic mass is 35.5. The summed E-state index contributed by atoms with van der Waals surface area (Å²) in [4.78, 5) is 5.26. The van der Waals surface area contributed by atoms with Gasteiger partial charge in [0.2, 0.25) is 0 Å². The third kappa shape index (κ3) is 4.65. The molecule has 0 aromatic heterocycles. The minimum absolute atomic E-state index is 0. The Morgan fingerprint density at radius 3 is 2.61 bits per heavy atom. The van der Waals surface area contributed by atoms with E-state index in [0.717, 1.165) is 6.07 Å². The number of aliphatic imine (C=N–C) groups is 1. The van der Waals surface area contributed by atoms with Crippen LogP contribution in [0.1, 0.15) is 12.8 Å². The zero-order chi connectivity index (χ0) is 16.5. The fourth-order valence-corrected chi connectivity index (χ4v) is 2.44. The second-order valence-corrected chi connectivity index (χ2v) is 5.45. The van der Waals surface area contributed by atoms with Crippen molar-refractivity contribution in [1.82, 2.24) is 4.90 Å². The predicted octanol–water partition coefficient (Wildman–Crippen LogP) is 2.88. The molecule has 0 spiro atoms. The van der Waals surface area contributed by atoms with Gasteiger partial charge >= 0.3 is 0 Å². The molecule has 1 fully saturated rings. The highest BCUT2D eigenvalue weighted by Crippen LogP contribution is 2.32. The van der Waals surface area contributed by atoms with Gasteiger partial charge < -0.3 is 16.4 Å². The van der Waals surface area contributed by atoms with Gasteiger partial charge in [0.15, 0.2) is 5.96 Å². The van der Waals surface area contributed by atoms with Gasteiger partial charge in [-0.2, -0.15) is 0 Å². The van der Waals surface area contributed by atoms with Crippen LogP contribution in [-0.2, 0) is 0 Å². The average Bonchev–Trinajstić information content (AvgIpc) is 2.41. The first kappa shape index (κ1) is 19.4. The fraction of sp³-hybridized carbons (Fsp3) is 0.385. The molecule has 1 atom stereocenters. The molecule has 10 heteroatoms. The molecule has 0 aliphatic carbocycles. The molecule has 5 N–H and O–H groups in total. The van der Waals surface area contributed by atoms with Crippen LogP contribution in [0, 0.1) is 11.2 Å². The minimum Gasteiger partial charge on any atom is -0.385 e. The number of hydrogen-bond acceptors (Lipinski definition) is 2. The Bertz CT molecular complexity index is 624. The highest BCUT2D eigenvalue weighted by Gasteiger charge is 2.42. The number of piperidine rings is 1. The van der Waals surface area contributed by atoms with Gasteiger partial charge in [0, 0.05) is 19.4 Å². The van der Waals surface area contributed by atoms with Crippen LogP contribution in [0.5, 0.6) is 0 Å². The summed E-state index contributed by atoms with van der Waals surface area (Å²) in [6, 6.07) is 2.67. The lowest BCUT2D eigenvalue weighted by atomic mass is 9.98. The second-order valence-electron chi connectivity index (χ2n) is 5.04. The van der Waals surface area contributed by atoms with E-state index in [1.807, 2.05) is 0 Å². The maximum atomic E-state index is 13.6. The maximum Gasteiger partial charge on any atom is 0.252 e. The summed E-state index contributed by atoms with van der Waals surface area (Å²) in [6.45, 7) is -0.0899. The first-order valence-corrected chi connectivity index (χ1v) is 6.85. The van der Waals surface area contributed by atoms with Gasteiger partial charge in [0.1, 0.15) is 11.7 Å². The Hall–Kier alpha value is -1.67. The highest BCUT2D eigenvalue weighted by molar-refractivity contribution is 6.31. The zero-order valence-electron chi connectivity index (χ0n) is 11.9. The van der Waals surface area contributed by atoms with Crippen LogP contribution in [0.15, 0.2) is 23.2 Å². The van der Waals surface area contributed by atoms with Crippen molar-refractivity contribution in [2.45, 2.75) is 24.8 Å². The Morgan fingerprint density at radius 1 is 1.39 bits per heavy atom. The van der Waals surface area contributed by atoms with Crippen molar-refractivity contribution in [2.24, 2.45) is 16.5 Å². The van der Waals surface area contributed by atoms with E-state index in [1.54, 1.807) is 0 Å². The van der Waals surface area contributed by atoms with Crippen molar-refractivity contribution >= 4 is 41.5 Å². The van der Waals surface area contributed by atoms with E-state index in [-0.39, 0.29) is 41.5 Å². The number of rotatable bonds is 2. The summed E-state index contributed by atoms with van der Waals surface area (Å²) in [5, 5.41) is 7.31. The van der Waals surface area contributed by atoms with Crippen molar-refractivity contribution in [3.63, 3.8) is 0 Å². The number of hydrogen-bond donors (Lipinski definition) is 3. The third-order valence-electron chi connectivity index (χ3n) is 3.40. The molecular weight excluding hydrogens is 354 g/mol. The first-order valence-electron chi connectivity index (χ1n) is 6.47. The average molecular weight is 370 g/mol. The summed E-state index contributed by atoms with van der Waals surface area (Å²) in [5.41, 5.74) is 11.4. The van der Waals surface area contributed by atoms with E-state index in [0.29, 0.717) is 0 Å². The smallest absolute Gasteiger partial charge is 0.252 e. The number of nitrogens with zero attached hydrogens (tertiary/aromatic N) is 2. The third-order valence-corrected chi connectivity index (χ3v) is 3.69. The number of benzene rings is 1. The molecule has 0 saturated carbocycles. The number of likely N-dealkylation sites (tertiary alicyclic amines) is 1.